The second-order valence-electron chi connectivity index (χ2n) is 9.68. The van der Waals surface area contributed by atoms with Gasteiger partial charge in [0.15, 0.2) is 0 Å². The first kappa shape index (κ1) is 32.5. The van der Waals surface area contributed by atoms with Crippen molar-refractivity contribution < 1.29 is 35.9 Å². The van der Waals surface area contributed by atoms with Crippen molar-refractivity contribution in [2.45, 2.75) is 38.0 Å². The zero-order valence-corrected chi connectivity index (χ0v) is 24.4. The summed E-state index contributed by atoms with van der Waals surface area (Å²) in [6.07, 6.45) is -3.68. The van der Waals surface area contributed by atoms with Crippen molar-refractivity contribution in [3.05, 3.63) is 95.6 Å². The summed E-state index contributed by atoms with van der Waals surface area (Å²) in [6.45, 7) is -0.160. The van der Waals surface area contributed by atoms with Gasteiger partial charge in [-0.15, -0.1) is 0 Å². The molecule has 2 amide bonds. The van der Waals surface area contributed by atoms with E-state index >= 15 is 0 Å². The molecule has 0 radical (unpaired) electrons. The molecule has 1 atom stereocenters. The van der Waals surface area contributed by atoms with E-state index in [0.29, 0.717) is 11.3 Å². The first-order valence-corrected chi connectivity index (χ1v) is 15.0. The highest BCUT2D eigenvalue weighted by atomic mass is 32.2. The lowest BCUT2D eigenvalue weighted by molar-refractivity contribution is -0.141. The molecule has 42 heavy (non-hydrogen) atoms. The van der Waals surface area contributed by atoms with Crippen molar-refractivity contribution in [1.29, 1.82) is 0 Å². The van der Waals surface area contributed by atoms with Crippen molar-refractivity contribution in [2.24, 2.45) is 0 Å². The fraction of sp³-hybridized carbons (Fsp3) is 0.333. The summed E-state index contributed by atoms with van der Waals surface area (Å²) in [5.41, 5.74) is 0.414. The van der Waals surface area contributed by atoms with Crippen LogP contribution in [0, 0.1) is 0 Å². The maximum absolute atomic E-state index is 13.7. The SMILES string of the molecule is CNC(=O)[C@@H](Cc1ccccc1)N(Cc1cccc(OC)c1)C(=O)CCCN(c1cccc(C(F)(F)F)c1)S(C)(=O)=O. The Bertz CT molecular complexity index is 1470. The third-order valence-electron chi connectivity index (χ3n) is 6.62. The molecule has 8 nitrogen and oxygen atoms in total. The quantitative estimate of drug-likeness (QED) is 0.306. The minimum Gasteiger partial charge on any atom is -0.497 e. The molecule has 0 aromatic heterocycles. The molecule has 226 valence electrons. The van der Waals surface area contributed by atoms with Gasteiger partial charge in [-0.2, -0.15) is 13.2 Å². The Morgan fingerprint density at radius 1 is 0.952 bits per heavy atom. The summed E-state index contributed by atoms with van der Waals surface area (Å²) >= 11 is 0. The van der Waals surface area contributed by atoms with Crippen LogP contribution in [0.4, 0.5) is 18.9 Å². The molecule has 3 rings (SSSR count). The number of alkyl halides is 3. The molecular weight excluding hydrogens is 571 g/mol. The summed E-state index contributed by atoms with van der Waals surface area (Å²) in [4.78, 5) is 28.2. The van der Waals surface area contributed by atoms with Crippen LogP contribution in [0.5, 0.6) is 5.75 Å². The fourth-order valence-corrected chi connectivity index (χ4v) is 5.49. The molecule has 0 saturated heterocycles. The number of benzene rings is 3. The van der Waals surface area contributed by atoms with Gasteiger partial charge in [-0.1, -0.05) is 48.5 Å². The predicted octanol–water partition coefficient (Wildman–Crippen LogP) is 4.65. The van der Waals surface area contributed by atoms with Crippen molar-refractivity contribution in [1.82, 2.24) is 10.2 Å². The summed E-state index contributed by atoms with van der Waals surface area (Å²) < 4.78 is 71.0. The minimum absolute atomic E-state index is 0.00254. The Hall–Kier alpha value is -4.06. The van der Waals surface area contributed by atoms with Gasteiger partial charge in [-0.3, -0.25) is 13.9 Å². The molecule has 0 unspecified atom stereocenters. The third kappa shape index (κ3) is 8.97. The van der Waals surface area contributed by atoms with Crippen LogP contribution in [0.1, 0.15) is 29.5 Å². The number of carbonyl (C=O) groups is 2. The summed E-state index contributed by atoms with van der Waals surface area (Å²) in [7, 11) is -0.970. The summed E-state index contributed by atoms with van der Waals surface area (Å²) in [5, 5.41) is 2.63. The Balaban J connectivity index is 1.87. The van der Waals surface area contributed by atoms with E-state index in [1.165, 1.54) is 25.1 Å². The smallest absolute Gasteiger partial charge is 0.416 e. The molecule has 0 fully saturated rings. The number of methoxy groups -OCH3 is 1. The van der Waals surface area contributed by atoms with Gasteiger partial charge in [0.2, 0.25) is 21.8 Å². The average Bonchev–Trinajstić information content (AvgIpc) is 2.96. The van der Waals surface area contributed by atoms with Crippen LogP contribution in [0.3, 0.4) is 0 Å². The van der Waals surface area contributed by atoms with Crippen LogP contribution in [0.2, 0.25) is 0 Å². The Morgan fingerprint density at radius 2 is 1.62 bits per heavy atom. The lowest BCUT2D eigenvalue weighted by atomic mass is 10.0. The number of nitrogens with one attached hydrogen (secondary N) is 1. The van der Waals surface area contributed by atoms with Gasteiger partial charge in [0.25, 0.3) is 0 Å². The normalized spacial score (nSPS) is 12.3. The van der Waals surface area contributed by atoms with E-state index < -0.39 is 33.7 Å². The van der Waals surface area contributed by atoms with Crippen molar-refractivity contribution in [3.8, 4) is 5.75 Å². The Labute approximate surface area is 244 Å². The standard InChI is InChI=1S/C30H34F3N3O5S/c1-34-29(38)27(19-22-10-5-4-6-11-22)35(21-23-12-7-15-26(18-23)41-2)28(37)16-9-17-36(42(3,39)40)25-14-8-13-24(20-25)30(31,32)33/h4-8,10-15,18,20,27H,9,16-17,19,21H2,1-3H3,(H,34,38)/t27-/m1/s1. The van der Waals surface area contributed by atoms with E-state index in [9.17, 15) is 31.2 Å². The molecule has 0 saturated carbocycles. The van der Waals surface area contributed by atoms with E-state index in [4.69, 9.17) is 4.74 Å². The number of nitrogens with zero attached hydrogens (tertiary/aromatic N) is 2. The second kappa shape index (κ2) is 14.2. The van der Waals surface area contributed by atoms with Crippen molar-refractivity contribution in [2.75, 3.05) is 31.3 Å². The fourth-order valence-electron chi connectivity index (χ4n) is 4.53. The van der Waals surface area contributed by atoms with Crippen LogP contribution in [0.25, 0.3) is 0 Å². The molecule has 0 bridgehead atoms. The van der Waals surface area contributed by atoms with E-state index in [-0.39, 0.29) is 43.9 Å². The maximum atomic E-state index is 13.7. The Kier molecular flexibility index (Phi) is 11.0. The van der Waals surface area contributed by atoms with Gasteiger partial charge >= 0.3 is 6.18 Å². The molecule has 3 aromatic rings. The van der Waals surface area contributed by atoms with Gasteiger partial charge in [-0.05, 0) is 47.9 Å². The van der Waals surface area contributed by atoms with Crippen molar-refractivity contribution in [3.63, 3.8) is 0 Å². The monoisotopic (exact) mass is 605 g/mol. The maximum Gasteiger partial charge on any atom is 0.416 e. The molecule has 0 aliphatic carbocycles. The number of anilines is 1. The number of rotatable bonds is 13. The molecule has 0 spiro atoms. The first-order chi connectivity index (χ1) is 19.8. The summed E-state index contributed by atoms with van der Waals surface area (Å²) in [6, 6.07) is 19.4. The number of halogens is 3. The van der Waals surface area contributed by atoms with Gasteiger partial charge in [0.05, 0.1) is 24.6 Å². The van der Waals surface area contributed by atoms with Crippen LogP contribution in [-0.4, -0.2) is 58.1 Å². The lowest BCUT2D eigenvalue weighted by Crippen LogP contribution is -2.49. The van der Waals surface area contributed by atoms with E-state index in [1.807, 2.05) is 30.3 Å². The minimum atomic E-state index is -4.65. The molecule has 0 aliphatic heterocycles. The number of likely N-dealkylation sites (N-methyl/N-ethyl adjacent to an activating group) is 1. The molecule has 0 heterocycles. The van der Waals surface area contributed by atoms with Gasteiger partial charge in [0.1, 0.15) is 11.8 Å². The molecule has 0 aliphatic rings. The Morgan fingerprint density at radius 3 is 2.24 bits per heavy atom. The number of ether oxygens (including phenoxy) is 1. The van der Waals surface area contributed by atoms with Crippen LogP contribution < -0.4 is 14.4 Å². The summed E-state index contributed by atoms with van der Waals surface area (Å²) in [5.74, 6) is -0.221. The molecule has 1 N–H and O–H groups in total. The zero-order chi connectivity index (χ0) is 30.9. The van der Waals surface area contributed by atoms with E-state index in [1.54, 1.807) is 24.3 Å². The highest BCUT2D eigenvalue weighted by Gasteiger charge is 2.32. The highest BCUT2D eigenvalue weighted by Crippen LogP contribution is 2.32. The largest absolute Gasteiger partial charge is 0.497 e. The van der Waals surface area contributed by atoms with Crippen LogP contribution in [0.15, 0.2) is 78.9 Å². The van der Waals surface area contributed by atoms with Crippen LogP contribution in [-0.2, 0) is 38.8 Å². The third-order valence-corrected chi connectivity index (χ3v) is 7.81. The number of carbonyl (C=O) groups excluding carboxylic acids is 2. The van der Waals surface area contributed by atoms with Gasteiger partial charge in [0, 0.05) is 33.0 Å². The van der Waals surface area contributed by atoms with E-state index in [2.05, 4.69) is 5.32 Å². The van der Waals surface area contributed by atoms with E-state index in [0.717, 1.165) is 34.3 Å². The number of sulfonamides is 1. The number of hydrogen-bond acceptors (Lipinski definition) is 5. The first-order valence-electron chi connectivity index (χ1n) is 13.2. The topological polar surface area (TPSA) is 96.0 Å². The van der Waals surface area contributed by atoms with Gasteiger partial charge < -0.3 is 15.0 Å². The lowest BCUT2D eigenvalue weighted by Gasteiger charge is -2.31. The molecule has 3 aromatic carbocycles. The van der Waals surface area contributed by atoms with Gasteiger partial charge in [-0.25, -0.2) is 8.42 Å². The number of hydrogen-bond donors (Lipinski definition) is 1. The molecule has 12 heteroatoms. The second-order valence-corrected chi connectivity index (χ2v) is 11.6. The molecular formula is C30H34F3N3O5S. The number of amides is 2. The predicted molar refractivity (Wildman–Crippen MR) is 154 cm³/mol. The van der Waals surface area contributed by atoms with Crippen LogP contribution >= 0.6 is 0 Å². The van der Waals surface area contributed by atoms with Crippen molar-refractivity contribution >= 4 is 27.5 Å². The zero-order valence-electron chi connectivity index (χ0n) is 23.6. The average molecular weight is 606 g/mol. The highest BCUT2D eigenvalue weighted by molar-refractivity contribution is 7.92.